The van der Waals surface area contributed by atoms with Crippen molar-refractivity contribution < 1.29 is 19.4 Å². The molecule has 0 fully saturated rings. The summed E-state index contributed by atoms with van der Waals surface area (Å²) in [5.74, 6) is -0.785. The number of carboxylic acids is 1. The summed E-state index contributed by atoms with van der Waals surface area (Å²) in [7, 11) is 0. The molecule has 0 aromatic carbocycles. The van der Waals surface area contributed by atoms with Crippen LogP contribution in [0.1, 0.15) is 213 Å². The smallest absolute Gasteiger partial charge is 0.306 e. The van der Waals surface area contributed by atoms with Gasteiger partial charge < -0.3 is 9.84 Å². The maximum Gasteiger partial charge on any atom is 0.306 e. The van der Waals surface area contributed by atoms with Crippen molar-refractivity contribution in [2.45, 2.75) is 219 Å². The Bertz CT molecular complexity index is 668. The third kappa shape index (κ3) is 34.9. The highest BCUT2D eigenvalue weighted by Crippen LogP contribution is 2.16. The average molecular weight is 619 g/mol. The molecule has 0 aliphatic carbocycles. The van der Waals surface area contributed by atoms with Crippen LogP contribution in [0.5, 0.6) is 0 Å². The van der Waals surface area contributed by atoms with Crippen molar-refractivity contribution in [3.8, 4) is 0 Å². The largest absolute Gasteiger partial charge is 0.481 e. The first-order valence-electron chi connectivity index (χ1n) is 19.3. The monoisotopic (exact) mass is 619 g/mol. The highest BCUT2D eigenvalue weighted by molar-refractivity contribution is 5.69. The van der Waals surface area contributed by atoms with Crippen LogP contribution in [0.2, 0.25) is 0 Å². The van der Waals surface area contributed by atoms with Gasteiger partial charge in [0, 0.05) is 12.8 Å². The van der Waals surface area contributed by atoms with Gasteiger partial charge in [-0.25, -0.2) is 0 Å². The van der Waals surface area contributed by atoms with Gasteiger partial charge in [0.25, 0.3) is 0 Å². The number of carbonyl (C=O) groups is 2. The van der Waals surface area contributed by atoms with Gasteiger partial charge in [-0.2, -0.15) is 0 Å². The molecule has 4 heteroatoms. The third-order valence-corrected chi connectivity index (χ3v) is 8.63. The topological polar surface area (TPSA) is 63.6 Å². The Kier molecular flexibility index (Phi) is 34.6. The standard InChI is InChI=1S/C40H74O4/c1-3-5-7-9-11-13-14-15-16-17-18-19-20-21-23-25-27-33-37-40(43)44-38(35-31-28-29-32-36-39(41)42)34-30-26-24-22-12-10-8-6-4-2/h16-17,30,34,38H,3-15,18-29,31-33,35-37H2,1-2H3,(H,41,42)/b17-16-,34-30-. The molecule has 1 atom stereocenters. The minimum atomic E-state index is -0.720. The van der Waals surface area contributed by atoms with Gasteiger partial charge in [-0.05, 0) is 70.3 Å². The number of allylic oxidation sites excluding steroid dienone is 3. The number of hydrogen-bond acceptors (Lipinski definition) is 3. The molecule has 0 saturated heterocycles. The molecular weight excluding hydrogens is 544 g/mol. The summed E-state index contributed by atoms with van der Waals surface area (Å²) < 4.78 is 5.87. The van der Waals surface area contributed by atoms with E-state index in [-0.39, 0.29) is 18.5 Å². The molecule has 1 unspecified atom stereocenters. The Hall–Kier alpha value is -1.58. The van der Waals surface area contributed by atoms with E-state index in [0.29, 0.717) is 6.42 Å². The number of carbonyl (C=O) groups excluding carboxylic acids is 1. The molecule has 4 nitrogen and oxygen atoms in total. The molecule has 0 aromatic heterocycles. The molecule has 258 valence electrons. The number of hydrogen-bond donors (Lipinski definition) is 1. The predicted molar refractivity (Wildman–Crippen MR) is 190 cm³/mol. The number of unbranched alkanes of at least 4 members (excludes halogenated alkanes) is 24. The lowest BCUT2D eigenvalue weighted by molar-refractivity contribution is -0.147. The van der Waals surface area contributed by atoms with Crippen molar-refractivity contribution in [3.05, 3.63) is 24.3 Å². The molecule has 1 N–H and O–H groups in total. The van der Waals surface area contributed by atoms with Crippen molar-refractivity contribution >= 4 is 11.9 Å². The van der Waals surface area contributed by atoms with Crippen LogP contribution in [0.25, 0.3) is 0 Å². The minimum Gasteiger partial charge on any atom is -0.481 e. The highest BCUT2D eigenvalue weighted by atomic mass is 16.5. The van der Waals surface area contributed by atoms with Gasteiger partial charge in [-0.3, -0.25) is 9.59 Å². The summed E-state index contributed by atoms with van der Waals surface area (Å²) in [5, 5.41) is 8.82. The first kappa shape index (κ1) is 42.4. The zero-order valence-electron chi connectivity index (χ0n) is 29.5. The van der Waals surface area contributed by atoms with Gasteiger partial charge in [0.2, 0.25) is 0 Å². The zero-order chi connectivity index (χ0) is 32.2. The second-order valence-electron chi connectivity index (χ2n) is 13.1. The van der Waals surface area contributed by atoms with Gasteiger partial charge in [-0.15, -0.1) is 0 Å². The fraction of sp³-hybridized carbons (Fsp3) is 0.850. The molecule has 0 heterocycles. The van der Waals surface area contributed by atoms with Crippen LogP contribution < -0.4 is 0 Å². The lowest BCUT2D eigenvalue weighted by atomic mass is 10.1. The Morgan fingerprint density at radius 1 is 0.500 bits per heavy atom. The van der Waals surface area contributed by atoms with E-state index in [4.69, 9.17) is 9.84 Å². The summed E-state index contributed by atoms with van der Waals surface area (Å²) in [6.45, 7) is 4.53. The fourth-order valence-electron chi connectivity index (χ4n) is 5.74. The van der Waals surface area contributed by atoms with E-state index in [1.54, 1.807) is 0 Å². The summed E-state index contributed by atoms with van der Waals surface area (Å²) in [6, 6.07) is 0. The van der Waals surface area contributed by atoms with Crippen molar-refractivity contribution in [2.24, 2.45) is 0 Å². The van der Waals surface area contributed by atoms with Crippen LogP contribution in [0.3, 0.4) is 0 Å². The number of carboxylic acid groups (broad SMARTS) is 1. The molecule has 0 bridgehead atoms. The Balaban J connectivity index is 3.95. The van der Waals surface area contributed by atoms with Crippen LogP contribution in [0, 0.1) is 0 Å². The van der Waals surface area contributed by atoms with E-state index < -0.39 is 5.97 Å². The molecule has 0 spiro atoms. The third-order valence-electron chi connectivity index (χ3n) is 8.63. The molecular formula is C40H74O4. The maximum atomic E-state index is 12.6. The van der Waals surface area contributed by atoms with Gasteiger partial charge in [-0.1, -0.05) is 154 Å². The van der Waals surface area contributed by atoms with E-state index in [9.17, 15) is 9.59 Å². The Labute approximate surface area is 274 Å². The molecule has 0 aliphatic rings. The Morgan fingerprint density at radius 3 is 1.36 bits per heavy atom. The van der Waals surface area contributed by atoms with Crippen molar-refractivity contribution in [3.63, 3.8) is 0 Å². The summed E-state index contributed by atoms with van der Waals surface area (Å²) >= 11 is 0. The van der Waals surface area contributed by atoms with Crippen molar-refractivity contribution in [1.29, 1.82) is 0 Å². The molecule has 0 amide bonds. The molecule has 0 aliphatic heterocycles. The number of ether oxygens (including phenoxy) is 1. The summed E-state index contributed by atoms with van der Waals surface area (Å²) in [5.41, 5.74) is 0. The molecule has 0 saturated carbocycles. The number of aliphatic carboxylic acids is 1. The summed E-state index contributed by atoms with van der Waals surface area (Å²) in [4.78, 5) is 23.3. The predicted octanol–water partition coefficient (Wildman–Crippen LogP) is 13.2. The SMILES string of the molecule is CCCCCCCCC/C=C\CCCCCCCCCC(=O)OC(/C=C\CCCCCCCCC)CCCCCCC(=O)O. The second kappa shape index (κ2) is 35.9. The van der Waals surface area contributed by atoms with E-state index in [1.165, 1.54) is 135 Å². The fourth-order valence-corrected chi connectivity index (χ4v) is 5.74. The molecule has 0 rings (SSSR count). The zero-order valence-corrected chi connectivity index (χ0v) is 29.5. The Morgan fingerprint density at radius 2 is 0.886 bits per heavy atom. The first-order valence-corrected chi connectivity index (χ1v) is 19.3. The normalized spacial score (nSPS) is 12.4. The minimum absolute atomic E-state index is 0.0651. The second-order valence-corrected chi connectivity index (χ2v) is 13.1. The first-order chi connectivity index (χ1) is 21.6. The molecule has 0 aromatic rings. The van der Waals surface area contributed by atoms with Gasteiger partial charge in [0.05, 0.1) is 0 Å². The van der Waals surface area contributed by atoms with Gasteiger partial charge in [0.1, 0.15) is 6.10 Å². The quantitative estimate of drug-likeness (QED) is 0.0436. The lowest BCUT2D eigenvalue weighted by Gasteiger charge is -2.15. The lowest BCUT2D eigenvalue weighted by Crippen LogP contribution is -2.16. The van der Waals surface area contributed by atoms with Crippen molar-refractivity contribution in [1.82, 2.24) is 0 Å². The van der Waals surface area contributed by atoms with Gasteiger partial charge >= 0.3 is 11.9 Å². The number of esters is 1. The van der Waals surface area contributed by atoms with E-state index in [1.807, 2.05) is 0 Å². The molecule has 44 heavy (non-hydrogen) atoms. The van der Waals surface area contributed by atoms with E-state index in [2.05, 4.69) is 38.2 Å². The van der Waals surface area contributed by atoms with Crippen LogP contribution in [0.15, 0.2) is 24.3 Å². The highest BCUT2D eigenvalue weighted by Gasteiger charge is 2.11. The van der Waals surface area contributed by atoms with E-state index in [0.717, 1.165) is 51.4 Å². The van der Waals surface area contributed by atoms with E-state index >= 15 is 0 Å². The average Bonchev–Trinajstić information content (AvgIpc) is 3.01. The van der Waals surface area contributed by atoms with Crippen LogP contribution in [-0.4, -0.2) is 23.1 Å². The van der Waals surface area contributed by atoms with Gasteiger partial charge in [0.15, 0.2) is 0 Å². The van der Waals surface area contributed by atoms with Crippen LogP contribution >= 0.6 is 0 Å². The maximum absolute atomic E-state index is 12.6. The number of rotatable bonds is 35. The molecule has 0 radical (unpaired) electrons. The summed E-state index contributed by atoms with van der Waals surface area (Å²) in [6.07, 6.45) is 44.9. The van der Waals surface area contributed by atoms with Crippen molar-refractivity contribution in [2.75, 3.05) is 0 Å². The van der Waals surface area contributed by atoms with Crippen LogP contribution in [0.4, 0.5) is 0 Å². The van der Waals surface area contributed by atoms with Crippen LogP contribution in [-0.2, 0) is 14.3 Å².